The van der Waals surface area contributed by atoms with E-state index in [1.54, 1.807) is 19.2 Å². The Morgan fingerprint density at radius 2 is 2.21 bits per heavy atom. The molecule has 1 aromatic carbocycles. The monoisotopic (exact) mass is 236 g/mol. The number of nitrogens with one attached hydrogen (secondary N) is 1. The van der Waals surface area contributed by atoms with Crippen LogP contribution < -0.4 is 11.1 Å². The maximum Gasteiger partial charge on any atom is 0.0657 e. The molecule has 0 spiro atoms. The van der Waals surface area contributed by atoms with Crippen LogP contribution in [0.15, 0.2) is 18.2 Å². The van der Waals surface area contributed by atoms with E-state index in [0.717, 1.165) is 12.2 Å². The SMILES string of the molecule is COCCNc1ccc(N)cc1Cl.Cl. The van der Waals surface area contributed by atoms with E-state index in [9.17, 15) is 0 Å². The van der Waals surface area contributed by atoms with E-state index in [2.05, 4.69) is 5.32 Å². The number of benzene rings is 1. The molecule has 0 aliphatic heterocycles. The molecule has 14 heavy (non-hydrogen) atoms. The molecule has 0 radical (unpaired) electrons. The van der Waals surface area contributed by atoms with Gasteiger partial charge in [0.25, 0.3) is 0 Å². The van der Waals surface area contributed by atoms with E-state index in [0.29, 0.717) is 17.3 Å². The van der Waals surface area contributed by atoms with Gasteiger partial charge in [0.1, 0.15) is 0 Å². The maximum atomic E-state index is 5.93. The average Bonchev–Trinajstić information content (AvgIpc) is 2.09. The minimum Gasteiger partial charge on any atom is -0.399 e. The van der Waals surface area contributed by atoms with E-state index in [-0.39, 0.29) is 12.4 Å². The summed E-state index contributed by atoms with van der Waals surface area (Å²) in [5, 5.41) is 3.76. The highest BCUT2D eigenvalue weighted by Gasteiger charge is 1.98. The summed E-state index contributed by atoms with van der Waals surface area (Å²) in [6.07, 6.45) is 0. The van der Waals surface area contributed by atoms with Crippen LogP contribution in [0, 0.1) is 0 Å². The second-order valence-electron chi connectivity index (χ2n) is 2.66. The van der Waals surface area contributed by atoms with Crippen molar-refractivity contribution in [1.29, 1.82) is 0 Å². The van der Waals surface area contributed by atoms with Gasteiger partial charge in [-0.05, 0) is 18.2 Å². The number of methoxy groups -OCH3 is 1. The molecular formula is C9H14Cl2N2O. The number of ether oxygens (including phenoxy) is 1. The van der Waals surface area contributed by atoms with Crippen molar-refractivity contribution in [3.8, 4) is 0 Å². The van der Waals surface area contributed by atoms with Gasteiger partial charge in [0, 0.05) is 19.3 Å². The van der Waals surface area contributed by atoms with Gasteiger partial charge >= 0.3 is 0 Å². The van der Waals surface area contributed by atoms with Crippen molar-refractivity contribution in [1.82, 2.24) is 0 Å². The van der Waals surface area contributed by atoms with Crippen LogP contribution >= 0.6 is 24.0 Å². The number of nitrogen functional groups attached to an aromatic ring is 1. The molecule has 0 aliphatic rings. The third-order valence-corrected chi connectivity index (χ3v) is 1.93. The van der Waals surface area contributed by atoms with Gasteiger partial charge in [0.15, 0.2) is 0 Å². The standard InChI is InChI=1S/C9H13ClN2O.ClH/c1-13-5-4-12-9-3-2-7(11)6-8(9)10;/h2-3,6,12H,4-5,11H2,1H3;1H. The van der Waals surface area contributed by atoms with Crippen molar-refractivity contribution in [3.63, 3.8) is 0 Å². The fraction of sp³-hybridized carbons (Fsp3) is 0.333. The van der Waals surface area contributed by atoms with Gasteiger partial charge in [-0.25, -0.2) is 0 Å². The summed E-state index contributed by atoms with van der Waals surface area (Å²) in [4.78, 5) is 0. The quantitative estimate of drug-likeness (QED) is 0.624. The van der Waals surface area contributed by atoms with Crippen LogP contribution in [0.25, 0.3) is 0 Å². The highest BCUT2D eigenvalue weighted by molar-refractivity contribution is 6.33. The highest BCUT2D eigenvalue weighted by Crippen LogP contribution is 2.23. The Labute approximate surface area is 95.0 Å². The first-order valence-corrected chi connectivity index (χ1v) is 4.39. The third kappa shape index (κ3) is 4.05. The van der Waals surface area contributed by atoms with E-state index in [1.807, 2.05) is 6.07 Å². The van der Waals surface area contributed by atoms with Gasteiger partial charge in [-0.3, -0.25) is 0 Å². The van der Waals surface area contributed by atoms with Gasteiger partial charge in [-0.1, -0.05) is 11.6 Å². The molecule has 0 aromatic heterocycles. The van der Waals surface area contributed by atoms with Gasteiger partial charge in [-0.15, -0.1) is 12.4 Å². The Morgan fingerprint density at radius 3 is 2.79 bits per heavy atom. The fourth-order valence-corrected chi connectivity index (χ4v) is 1.22. The van der Waals surface area contributed by atoms with Crippen LogP contribution in [0.3, 0.4) is 0 Å². The van der Waals surface area contributed by atoms with Gasteiger partial charge in [0.2, 0.25) is 0 Å². The van der Waals surface area contributed by atoms with Crippen molar-refractivity contribution in [2.75, 3.05) is 31.3 Å². The Balaban J connectivity index is 0.00000169. The van der Waals surface area contributed by atoms with Crippen molar-refractivity contribution in [3.05, 3.63) is 23.2 Å². The average molecular weight is 237 g/mol. The summed E-state index contributed by atoms with van der Waals surface area (Å²) in [6.45, 7) is 1.39. The number of nitrogens with two attached hydrogens (primary N) is 1. The molecule has 3 N–H and O–H groups in total. The van der Waals surface area contributed by atoms with Gasteiger partial charge in [0.05, 0.1) is 17.3 Å². The molecule has 0 unspecified atom stereocenters. The minimum atomic E-state index is 0. The molecule has 5 heteroatoms. The molecule has 3 nitrogen and oxygen atoms in total. The molecule has 0 bridgehead atoms. The normalized spacial score (nSPS) is 9.29. The Morgan fingerprint density at radius 1 is 1.50 bits per heavy atom. The fourth-order valence-electron chi connectivity index (χ4n) is 0.962. The van der Waals surface area contributed by atoms with Crippen molar-refractivity contribution >= 4 is 35.4 Å². The first-order chi connectivity index (χ1) is 6.24. The lowest BCUT2D eigenvalue weighted by Crippen LogP contribution is -2.07. The molecule has 0 atom stereocenters. The lowest BCUT2D eigenvalue weighted by atomic mass is 10.3. The number of hydrogen-bond acceptors (Lipinski definition) is 3. The Bertz CT molecular complexity index is 282. The number of anilines is 2. The largest absolute Gasteiger partial charge is 0.399 e. The smallest absolute Gasteiger partial charge is 0.0657 e. The summed E-state index contributed by atoms with van der Waals surface area (Å²) >= 11 is 5.93. The zero-order chi connectivity index (χ0) is 9.68. The maximum absolute atomic E-state index is 5.93. The molecule has 0 saturated heterocycles. The van der Waals surface area contributed by atoms with Crippen LogP contribution in [0.4, 0.5) is 11.4 Å². The first-order valence-electron chi connectivity index (χ1n) is 4.02. The molecule has 0 fully saturated rings. The van der Waals surface area contributed by atoms with Crippen molar-refractivity contribution in [2.45, 2.75) is 0 Å². The highest BCUT2D eigenvalue weighted by atomic mass is 35.5. The van der Waals surface area contributed by atoms with Crippen LogP contribution in [0.5, 0.6) is 0 Å². The summed E-state index contributed by atoms with van der Waals surface area (Å²) in [5.74, 6) is 0. The predicted octanol–water partition coefficient (Wildman–Crippen LogP) is 2.40. The van der Waals surface area contributed by atoms with E-state index < -0.39 is 0 Å². The second-order valence-corrected chi connectivity index (χ2v) is 3.07. The summed E-state index contributed by atoms with van der Waals surface area (Å²) in [6, 6.07) is 5.38. The number of hydrogen-bond donors (Lipinski definition) is 2. The zero-order valence-corrected chi connectivity index (χ0v) is 9.49. The predicted molar refractivity (Wildman–Crippen MR) is 63.5 cm³/mol. The molecule has 0 amide bonds. The van der Waals surface area contributed by atoms with E-state index in [1.165, 1.54) is 0 Å². The number of halogens is 2. The van der Waals surface area contributed by atoms with Gasteiger partial charge in [-0.2, -0.15) is 0 Å². The topological polar surface area (TPSA) is 47.3 Å². The third-order valence-electron chi connectivity index (χ3n) is 1.61. The summed E-state index contributed by atoms with van der Waals surface area (Å²) in [7, 11) is 1.66. The van der Waals surface area contributed by atoms with Crippen LogP contribution in [0.1, 0.15) is 0 Å². The molecule has 0 saturated carbocycles. The van der Waals surface area contributed by atoms with E-state index in [4.69, 9.17) is 22.1 Å². The lowest BCUT2D eigenvalue weighted by molar-refractivity contribution is 0.211. The number of rotatable bonds is 4. The lowest BCUT2D eigenvalue weighted by Gasteiger charge is -2.07. The van der Waals surface area contributed by atoms with Crippen LogP contribution in [0.2, 0.25) is 5.02 Å². The van der Waals surface area contributed by atoms with Gasteiger partial charge < -0.3 is 15.8 Å². The molecule has 0 heterocycles. The van der Waals surface area contributed by atoms with Crippen LogP contribution in [-0.4, -0.2) is 20.3 Å². The molecular weight excluding hydrogens is 223 g/mol. The molecule has 1 rings (SSSR count). The summed E-state index contributed by atoms with van der Waals surface area (Å²) < 4.78 is 4.90. The Kier molecular flexibility index (Phi) is 6.45. The Hall–Kier alpha value is -0.640. The zero-order valence-electron chi connectivity index (χ0n) is 7.92. The molecule has 1 aromatic rings. The molecule has 80 valence electrons. The minimum absolute atomic E-state index is 0. The van der Waals surface area contributed by atoms with Crippen molar-refractivity contribution in [2.24, 2.45) is 0 Å². The van der Waals surface area contributed by atoms with Crippen molar-refractivity contribution < 1.29 is 4.74 Å². The van der Waals surface area contributed by atoms with E-state index >= 15 is 0 Å². The molecule has 0 aliphatic carbocycles. The first kappa shape index (κ1) is 13.4. The summed E-state index contributed by atoms with van der Waals surface area (Å²) in [5.41, 5.74) is 7.10. The van der Waals surface area contributed by atoms with Crippen LogP contribution in [-0.2, 0) is 4.74 Å². The second kappa shape index (κ2) is 6.76.